The van der Waals surface area contributed by atoms with E-state index >= 15 is 0 Å². The molecule has 3 N–H and O–H groups in total. The molecule has 0 heterocycles. The average molecular weight is 345 g/mol. The zero-order chi connectivity index (χ0) is 14.0. The number of nitrogens with one attached hydrogen (secondary N) is 1. The van der Waals surface area contributed by atoms with Crippen molar-refractivity contribution in [3.63, 3.8) is 0 Å². The summed E-state index contributed by atoms with van der Waals surface area (Å²) in [5.74, 6) is -0.724. The third-order valence-electron chi connectivity index (χ3n) is 2.34. The van der Waals surface area contributed by atoms with Gasteiger partial charge in [-0.25, -0.2) is 12.8 Å². The van der Waals surface area contributed by atoms with Gasteiger partial charge in [-0.3, -0.25) is 4.72 Å². The zero-order valence-corrected chi connectivity index (χ0v) is 12.0. The lowest BCUT2D eigenvalue weighted by molar-refractivity contribution is 0.598. The molecule has 0 amide bonds. The number of hydrogen-bond acceptors (Lipinski definition) is 3. The monoisotopic (exact) mass is 344 g/mol. The number of sulfonamides is 1. The van der Waals surface area contributed by atoms with Crippen LogP contribution < -0.4 is 10.5 Å². The molecule has 0 radical (unpaired) electrons. The van der Waals surface area contributed by atoms with Crippen molar-refractivity contribution in [3.8, 4) is 0 Å². The summed E-state index contributed by atoms with van der Waals surface area (Å²) in [4.78, 5) is 0.0399. The van der Waals surface area contributed by atoms with Crippen LogP contribution >= 0.6 is 15.9 Å². The van der Waals surface area contributed by atoms with Gasteiger partial charge < -0.3 is 5.73 Å². The van der Waals surface area contributed by atoms with Gasteiger partial charge in [0, 0.05) is 10.2 Å². The molecule has 2 aromatic carbocycles. The van der Waals surface area contributed by atoms with Crippen molar-refractivity contribution in [2.75, 3.05) is 10.5 Å². The molecular formula is C12H10BrFN2O2S. The van der Waals surface area contributed by atoms with Crippen molar-refractivity contribution in [2.45, 2.75) is 4.90 Å². The molecule has 0 aromatic heterocycles. The summed E-state index contributed by atoms with van der Waals surface area (Å²) in [6, 6.07) is 9.88. The van der Waals surface area contributed by atoms with E-state index in [1.807, 2.05) is 0 Å². The van der Waals surface area contributed by atoms with Gasteiger partial charge in [-0.05, 0) is 36.4 Å². The average Bonchev–Trinajstić information content (AvgIpc) is 2.33. The highest BCUT2D eigenvalue weighted by molar-refractivity contribution is 9.10. The van der Waals surface area contributed by atoms with Gasteiger partial charge in [0.1, 0.15) is 5.82 Å². The van der Waals surface area contributed by atoms with E-state index < -0.39 is 15.8 Å². The molecule has 0 saturated carbocycles. The summed E-state index contributed by atoms with van der Waals surface area (Å²) in [6.07, 6.45) is 0. The highest BCUT2D eigenvalue weighted by Crippen LogP contribution is 2.22. The smallest absolute Gasteiger partial charge is 0.262 e. The van der Waals surface area contributed by atoms with E-state index in [1.54, 1.807) is 12.1 Å². The standard InChI is InChI=1S/C12H10BrFN2O2S/c13-8-2-1-3-10(6-8)19(17,18)16-12-5-4-9(15)7-11(12)14/h1-7,16H,15H2. The molecule has 0 atom stereocenters. The third kappa shape index (κ3) is 3.24. The molecule has 0 fully saturated rings. The maximum Gasteiger partial charge on any atom is 0.262 e. The van der Waals surface area contributed by atoms with Gasteiger partial charge >= 0.3 is 0 Å². The maximum absolute atomic E-state index is 13.6. The Bertz CT molecular complexity index is 719. The summed E-state index contributed by atoms with van der Waals surface area (Å²) >= 11 is 3.18. The number of anilines is 2. The minimum Gasteiger partial charge on any atom is -0.399 e. The van der Waals surface area contributed by atoms with Crippen LogP contribution in [-0.2, 0) is 10.0 Å². The highest BCUT2D eigenvalue weighted by atomic mass is 79.9. The van der Waals surface area contributed by atoms with Gasteiger partial charge in [0.25, 0.3) is 10.0 Å². The Labute approximate surface area is 118 Å². The Morgan fingerprint density at radius 2 is 1.89 bits per heavy atom. The molecule has 0 bridgehead atoms. The normalized spacial score (nSPS) is 11.3. The Morgan fingerprint density at radius 3 is 2.53 bits per heavy atom. The van der Waals surface area contributed by atoms with Gasteiger partial charge in [-0.15, -0.1) is 0 Å². The number of rotatable bonds is 3. The van der Waals surface area contributed by atoms with E-state index in [-0.39, 0.29) is 16.3 Å². The van der Waals surface area contributed by atoms with Gasteiger partial charge in [0.2, 0.25) is 0 Å². The molecule has 0 aliphatic carbocycles. The van der Waals surface area contributed by atoms with E-state index in [0.717, 1.165) is 6.07 Å². The number of halogens is 2. The SMILES string of the molecule is Nc1ccc(NS(=O)(=O)c2cccc(Br)c2)c(F)c1. The minimum absolute atomic E-state index is 0.0399. The summed E-state index contributed by atoms with van der Waals surface area (Å²) in [5.41, 5.74) is 5.48. The van der Waals surface area contributed by atoms with Crippen LogP contribution in [0.25, 0.3) is 0 Å². The summed E-state index contributed by atoms with van der Waals surface area (Å²) in [6.45, 7) is 0. The molecule has 2 aromatic rings. The molecule has 0 aliphatic heterocycles. The molecule has 100 valence electrons. The van der Waals surface area contributed by atoms with Crippen molar-refractivity contribution in [3.05, 3.63) is 52.8 Å². The molecule has 19 heavy (non-hydrogen) atoms. The second-order valence-corrected chi connectivity index (χ2v) is 6.40. The summed E-state index contributed by atoms with van der Waals surface area (Å²) in [7, 11) is -3.83. The first-order chi connectivity index (χ1) is 8.88. The van der Waals surface area contributed by atoms with E-state index in [9.17, 15) is 12.8 Å². The van der Waals surface area contributed by atoms with E-state index in [0.29, 0.717) is 4.47 Å². The molecule has 0 aliphatic rings. The van der Waals surface area contributed by atoms with Crippen LogP contribution in [0.15, 0.2) is 51.8 Å². The van der Waals surface area contributed by atoms with Crippen LogP contribution in [0.1, 0.15) is 0 Å². The molecule has 0 saturated heterocycles. The second kappa shape index (κ2) is 5.18. The zero-order valence-electron chi connectivity index (χ0n) is 9.60. The van der Waals surface area contributed by atoms with Crippen molar-refractivity contribution in [1.82, 2.24) is 0 Å². The van der Waals surface area contributed by atoms with Crippen LogP contribution in [0.5, 0.6) is 0 Å². The fraction of sp³-hybridized carbons (Fsp3) is 0. The fourth-order valence-electron chi connectivity index (χ4n) is 1.45. The number of hydrogen-bond donors (Lipinski definition) is 2. The lowest BCUT2D eigenvalue weighted by atomic mass is 10.3. The van der Waals surface area contributed by atoms with Gasteiger partial charge in [-0.1, -0.05) is 22.0 Å². The first-order valence-corrected chi connectivity index (χ1v) is 7.49. The first-order valence-electron chi connectivity index (χ1n) is 5.22. The van der Waals surface area contributed by atoms with Crippen LogP contribution in [0.3, 0.4) is 0 Å². The van der Waals surface area contributed by atoms with E-state index in [4.69, 9.17) is 5.73 Å². The molecule has 7 heteroatoms. The van der Waals surface area contributed by atoms with Crippen molar-refractivity contribution < 1.29 is 12.8 Å². The number of benzene rings is 2. The largest absolute Gasteiger partial charge is 0.399 e. The quantitative estimate of drug-likeness (QED) is 0.840. The Hall–Kier alpha value is -1.60. The fourth-order valence-corrected chi connectivity index (χ4v) is 3.12. The lowest BCUT2D eigenvalue weighted by Crippen LogP contribution is -2.14. The minimum atomic E-state index is -3.83. The summed E-state index contributed by atoms with van der Waals surface area (Å²) < 4.78 is 40.5. The first kappa shape index (κ1) is 13.8. The predicted molar refractivity (Wildman–Crippen MR) is 75.8 cm³/mol. The molecule has 2 rings (SSSR count). The molecule has 4 nitrogen and oxygen atoms in total. The van der Waals surface area contributed by atoms with Crippen molar-refractivity contribution in [2.24, 2.45) is 0 Å². The van der Waals surface area contributed by atoms with E-state index in [1.165, 1.54) is 24.3 Å². The number of nitrogen functional groups attached to an aromatic ring is 1. The third-order valence-corrected chi connectivity index (χ3v) is 4.20. The Kier molecular flexibility index (Phi) is 3.77. The van der Waals surface area contributed by atoms with Crippen LogP contribution in [0.2, 0.25) is 0 Å². The Balaban J connectivity index is 2.36. The highest BCUT2D eigenvalue weighted by Gasteiger charge is 2.16. The van der Waals surface area contributed by atoms with Crippen molar-refractivity contribution in [1.29, 1.82) is 0 Å². The maximum atomic E-state index is 13.6. The topological polar surface area (TPSA) is 72.2 Å². The summed E-state index contributed by atoms with van der Waals surface area (Å²) in [5, 5.41) is 0. The predicted octanol–water partition coefficient (Wildman–Crippen LogP) is 2.97. The van der Waals surface area contributed by atoms with Gasteiger partial charge in [-0.2, -0.15) is 0 Å². The molecule has 0 unspecified atom stereocenters. The van der Waals surface area contributed by atoms with Crippen LogP contribution in [0.4, 0.5) is 15.8 Å². The van der Waals surface area contributed by atoms with Gasteiger partial charge in [0.15, 0.2) is 0 Å². The Morgan fingerprint density at radius 1 is 1.16 bits per heavy atom. The van der Waals surface area contributed by atoms with Crippen LogP contribution in [0, 0.1) is 5.82 Å². The lowest BCUT2D eigenvalue weighted by Gasteiger charge is -2.09. The molecule has 0 spiro atoms. The van der Waals surface area contributed by atoms with E-state index in [2.05, 4.69) is 20.7 Å². The van der Waals surface area contributed by atoms with Crippen molar-refractivity contribution >= 4 is 37.3 Å². The van der Waals surface area contributed by atoms with Gasteiger partial charge in [0.05, 0.1) is 10.6 Å². The number of nitrogens with two attached hydrogens (primary N) is 1. The molecular weight excluding hydrogens is 335 g/mol. The van der Waals surface area contributed by atoms with Crippen LogP contribution in [-0.4, -0.2) is 8.42 Å². The second-order valence-electron chi connectivity index (χ2n) is 3.80.